The number of rotatable bonds is 7. The van der Waals surface area contributed by atoms with Gasteiger partial charge in [0.15, 0.2) is 11.9 Å². The van der Waals surface area contributed by atoms with Gasteiger partial charge < -0.3 is 4.74 Å². The molecule has 14 heteroatoms. The van der Waals surface area contributed by atoms with Crippen molar-refractivity contribution in [2.75, 3.05) is 0 Å². The van der Waals surface area contributed by atoms with Crippen LogP contribution in [0.5, 0.6) is 0 Å². The molecule has 37 heavy (non-hydrogen) atoms. The van der Waals surface area contributed by atoms with Crippen LogP contribution in [0.1, 0.15) is 30.5 Å². The first-order valence-corrected chi connectivity index (χ1v) is 10.8. The summed E-state index contributed by atoms with van der Waals surface area (Å²) < 4.78 is 103. The topological polar surface area (TPSA) is 80.5 Å². The Labute approximate surface area is 210 Å². The average Bonchev–Trinajstić information content (AvgIpc) is 3.23. The van der Waals surface area contributed by atoms with Crippen molar-refractivity contribution in [2.45, 2.75) is 38.9 Å². The smallest absolute Gasteiger partial charge is 0.359 e. The minimum absolute atomic E-state index is 0.0459. The van der Waals surface area contributed by atoms with Gasteiger partial charge in [-0.2, -0.15) is 26.3 Å². The number of nitrogens with one attached hydrogen (secondary N) is 1. The van der Waals surface area contributed by atoms with Crippen molar-refractivity contribution in [1.82, 2.24) is 10.1 Å². The summed E-state index contributed by atoms with van der Waals surface area (Å²) in [6, 6.07) is 7.35. The van der Waals surface area contributed by atoms with Gasteiger partial charge in [-0.15, -0.1) is 12.6 Å². The molecule has 2 aromatic carbocycles. The first kappa shape index (κ1) is 28.2. The quantitative estimate of drug-likeness (QED) is 0.206. The van der Waals surface area contributed by atoms with Gasteiger partial charge in [0.2, 0.25) is 0 Å². The number of ether oxygens (including phenoxy) is 1. The average molecular weight is 549 g/mol. The molecular weight excluding hydrogens is 531 g/mol. The van der Waals surface area contributed by atoms with Crippen molar-refractivity contribution in [1.29, 1.82) is 0 Å². The van der Waals surface area contributed by atoms with Crippen LogP contribution in [0, 0.1) is 5.82 Å². The summed E-state index contributed by atoms with van der Waals surface area (Å²) in [5.41, 5.74) is -0.732. The molecular formula is C23H18F7N3O3S. The van der Waals surface area contributed by atoms with E-state index in [-0.39, 0.29) is 33.9 Å². The monoisotopic (exact) mass is 549 g/mol. The molecule has 198 valence electrons. The fourth-order valence-corrected chi connectivity index (χ4v) is 3.43. The van der Waals surface area contributed by atoms with Gasteiger partial charge in [-0.25, -0.2) is 9.18 Å². The molecule has 0 amide bonds. The van der Waals surface area contributed by atoms with Crippen molar-refractivity contribution in [2.24, 2.45) is 4.99 Å². The van der Waals surface area contributed by atoms with Crippen molar-refractivity contribution in [3.8, 4) is 11.4 Å². The van der Waals surface area contributed by atoms with Crippen LogP contribution >= 0.6 is 12.6 Å². The van der Waals surface area contributed by atoms with Crippen LogP contribution in [-0.4, -0.2) is 28.1 Å². The second-order valence-corrected chi connectivity index (χ2v) is 8.22. The predicted molar refractivity (Wildman–Crippen MR) is 122 cm³/mol. The van der Waals surface area contributed by atoms with E-state index >= 15 is 0 Å². The number of allylic oxidation sites excluding steroid dienone is 1. The molecule has 0 spiro atoms. The Morgan fingerprint density at radius 2 is 1.76 bits per heavy atom. The number of thiol groups is 1. The standard InChI is InChI=1S/C23H18F7N3O3S/c1-11(14-4-6-15(7-5-14)22(25,26)27)31-12(2)18(37)19(23(28,29)30)35-10-13-3-8-16(17(24)9-13)20-32-21(34)36-33-20/h3-9,19,37H,10H2,1-2H3,(H,32,33,34)/b18-12-,31-11?. The fourth-order valence-electron chi connectivity index (χ4n) is 3.16. The van der Waals surface area contributed by atoms with Crippen molar-refractivity contribution in [3.05, 3.63) is 86.1 Å². The largest absolute Gasteiger partial charge is 0.439 e. The summed E-state index contributed by atoms with van der Waals surface area (Å²) in [7, 11) is 0. The SMILES string of the molecule is CC(=N/C(C)=C(\S)C(OCc1ccc(-c2noc(=O)[nH]2)c(F)c1)C(F)(F)F)c1ccc(C(F)(F)F)cc1. The number of hydrogen-bond acceptors (Lipinski definition) is 6. The number of aromatic amines is 1. The maximum atomic E-state index is 14.4. The summed E-state index contributed by atoms with van der Waals surface area (Å²) in [5.74, 6) is -1.99. The second-order valence-electron chi connectivity index (χ2n) is 7.73. The first-order valence-electron chi connectivity index (χ1n) is 10.3. The molecule has 0 fully saturated rings. The van der Waals surface area contributed by atoms with Crippen molar-refractivity contribution in [3.63, 3.8) is 0 Å². The third kappa shape index (κ3) is 7.10. The Balaban J connectivity index is 1.80. The van der Waals surface area contributed by atoms with E-state index in [1.807, 2.05) is 0 Å². The molecule has 0 saturated carbocycles. The molecule has 1 atom stereocenters. The molecule has 0 aliphatic carbocycles. The van der Waals surface area contributed by atoms with Crippen molar-refractivity contribution >= 4 is 18.3 Å². The lowest BCUT2D eigenvalue weighted by Gasteiger charge is -2.22. The van der Waals surface area contributed by atoms with Crippen LogP contribution in [0.25, 0.3) is 11.4 Å². The zero-order valence-corrected chi connectivity index (χ0v) is 19.9. The van der Waals surface area contributed by atoms with Gasteiger partial charge in [-0.1, -0.05) is 23.4 Å². The van der Waals surface area contributed by atoms with E-state index in [2.05, 4.69) is 32.3 Å². The Morgan fingerprint density at radius 1 is 1.11 bits per heavy atom. The molecule has 0 saturated heterocycles. The second kappa shape index (κ2) is 10.9. The molecule has 0 aliphatic rings. The maximum Gasteiger partial charge on any atom is 0.439 e. The van der Waals surface area contributed by atoms with E-state index in [1.165, 1.54) is 26.0 Å². The number of aromatic nitrogens is 2. The van der Waals surface area contributed by atoms with E-state index < -0.39 is 47.1 Å². The summed E-state index contributed by atoms with van der Waals surface area (Å²) in [5, 5.41) is 3.34. The fraction of sp³-hybridized carbons (Fsp3) is 0.261. The minimum atomic E-state index is -4.91. The lowest BCUT2D eigenvalue weighted by molar-refractivity contribution is -0.208. The Morgan fingerprint density at radius 3 is 2.27 bits per heavy atom. The highest BCUT2D eigenvalue weighted by atomic mass is 32.1. The molecule has 6 nitrogen and oxygen atoms in total. The normalized spacial score (nSPS) is 14.5. The summed E-state index contributed by atoms with van der Waals surface area (Å²) >= 11 is 3.94. The predicted octanol–water partition coefficient (Wildman–Crippen LogP) is 6.31. The van der Waals surface area contributed by atoms with Gasteiger partial charge in [0.1, 0.15) is 5.82 Å². The van der Waals surface area contributed by atoms with Gasteiger partial charge in [0, 0.05) is 16.3 Å². The van der Waals surface area contributed by atoms with Crippen LogP contribution in [-0.2, 0) is 17.5 Å². The van der Waals surface area contributed by atoms with Crippen LogP contribution in [0.2, 0.25) is 0 Å². The molecule has 0 bridgehead atoms. The molecule has 0 radical (unpaired) electrons. The van der Waals surface area contributed by atoms with Crippen molar-refractivity contribution < 1.29 is 40.0 Å². The number of halogens is 7. The highest BCUT2D eigenvalue weighted by molar-refractivity contribution is 7.84. The zero-order chi connectivity index (χ0) is 27.5. The van der Waals surface area contributed by atoms with E-state index in [1.54, 1.807) is 0 Å². The molecule has 3 aromatic rings. The molecule has 1 unspecified atom stereocenters. The third-order valence-corrected chi connectivity index (χ3v) is 5.59. The zero-order valence-electron chi connectivity index (χ0n) is 19.0. The van der Waals surface area contributed by atoms with Gasteiger partial charge in [0.05, 0.1) is 17.7 Å². The molecule has 1 aromatic heterocycles. The highest BCUT2D eigenvalue weighted by Gasteiger charge is 2.43. The summed E-state index contributed by atoms with van der Waals surface area (Å²) in [6.45, 7) is 2.00. The Kier molecular flexibility index (Phi) is 8.32. The molecule has 3 rings (SSSR count). The third-order valence-electron chi connectivity index (χ3n) is 5.03. The highest BCUT2D eigenvalue weighted by Crippen LogP contribution is 2.34. The number of alkyl halides is 6. The minimum Gasteiger partial charge on any atom is -0.359 e. The van der Waals surface area contributed by atoms with Gasteiger partial charge in [-0.3, -0.25) is 14.5 Å². The van der Waals surface area contributed by atoms with Crippen LogP contribution < -0.4 is 5.76 Å². The lowest BCUT2D eigenvalue weighted by atomic mass is 10.1. The Hall–Kier alpha value is -3.39. The number of hydrogen-bond donors (Lipinski definition) is 2. The number of benzene rings is 2. The van der Waals surface area contributed by atoms with Gasteiger partial charge in [0.25, 0.3) is 0 Å². The first-order chi connectivity index (χ1) is 17.2. The van der Waals surface area contributed by atoms with E-state index in [0.717, 1.165) is 30.3 Å². The number of nitrogens with zero attached hydrogens (tertiary/aromatic N) is 2. The van der Waals surface area contributed by atoms with Crippen LogP contribution in [0.4, 0.5) is 30.7 Å². The summed E-state index contributed by atoms with van der Waals surface area (Å²) in [6.07, 6.45) is -12.0. The molecule has 1 N–H and O–H groups in total. The summed E-state index contributed by atoms with van der Waals surface area (Å²) in [4.78, 5) is 16.6. The maximum absolute atomic E-state index is 14.4. The number of aliphatic imine (C=N–C) groups is 1. The van der Waals surface area contributed by atoms with E-state index in [9.17, 15) is 35.5 Å². The molecule has 0 aliphatic heterocycles. The Bertz CT molecular complexity index is 1370. The van der Waals surface area contributed by atoms with E-state index in [4.69, 9.17) is 4.74 Å². The molecule has 1 heterocycles. The lowest BCUT2D eigenvalue weighted by Crippen LogP contribution is -2.32. The van der Waals surface area contributed by atoms with Crippen LogP contribution in [0.3, 0.4) is 0 Å². The van der Waals surface area contributed by atoms with Gasteiger partial charge >= 0.3 is 18.1 Å². The van der Waals surface area contributed by atoms with Gasteiger partial charge in [-0.05, 0) is 49.2 Å². The van der Waals surface area contributed by atoms with E-state index in [0.29, 0.717) is 0 Å². The van der Waals surface area contributed by atoms with Crippen LogP contribution in [0.15, 0.2) is 67.4 Å². The number of H-pyrrole nitrogens is 1.